The summed E-state index contributed by atoms with van der Waals surface area (Å²) in [5, 5.41) is 4.24. The van der Waals surface area contributed by atoms with E-state index in [1.54, 1.807) is 67.6 Å². The molecule has 0 unspecified atom stereocenters. The number of esters is 4. The number of hydrogen-bond acceptors (Lipinski definition) is 14. The van der Waals surface area contributed by atoms with Gasteiger partial charge in [-0.3, -0.25) is 4.79 Å². The Bertz CT molecular complexity index is 2160. The van der Waals surface area contributed by atoms with E-state index < -0.39 is 17.9 Å². The van der Waals surface area contributed by atoms with Crippen LogP contribution in [0.5, 0.6) is 23.0 Å². The molecule has 5 rings (SSSR count). The number of oxazole rings is 1. The Morgan fingerprint density at radius 3 is 1.85 bits per heavy atom. The summed E-state index contributed by atoms with van der Waals surface area (Å²) in [4.78, 5) is 53.1. The van der Waals surface area contributed by atoms with Crippen LogP contribution in [0.4, 0.5) is 6.01 Å². The zero-order valence-corrected chi connectivity index (χ0v) is 33.6. The van der Waals surface area contributed by atoms with Crippen LogP contribution in [0.15, 0.2) is 113 Å². The van der Waals surface area contributed by atoms with E-state index in [0.717, 1.165) is 57.4 Å². The highest BCUT2D eigenvalue weighted by molar-refractivity contribution is 5.94. The first-order chi connectivity index (χ1) is 29.3. The fraction of sp³-hybridized carbons (Fsp3) is 0.304. The summed E-state index contributed by atoms with van der Waals surface area (Å²) in [5.74, 6) is -0.257. The third-order valence-electron chi connectivity index (χ3n) is 8.81. The van der Waals surface area contributed by atoms with Gasteiger partial charge in [0.25, 0.3) is 0 Å². The van der Waals surface area contributed by atoms with Gasteiger partial charge in [-0.1, -0.05) is 25.6 Å². The summed E-state index contributed by atoms with van der Waals surface area (Å²) >= 11 is 0. The van der Waals surface area contributed by atoms with E-state index in [2.05, 4.69) is 22.1 Å². The van der Waals surface area contributed by atoms with Crippen LogP contribution >= 0.6 is 0 Å². The number of para-hydroxylation sites is 2. The predicted molar refractivity (Wildman–Crippen MR) is 225 cm³/mol. The molecule has 14 heteroatoms. The molecule has 1 N–H and O–H groups in total. The number of hydrogen-bond donors (Lipinski definition) is 1. The maximum atomic E-state index is 13.3. The Kier molecular flexibility index (Phi) is 17.7. The van der Waals surface area contributed by atoms with Crippen LogP contribution in [0.3, 0.4) is 0 Å². The number of fused-ring (bicyclic) bond motifs is 1. The molecule has 0 aliphatic carbocycles. The molecule has 0 saturated carbocycles. The molecule has 60 heavy (non-hydrogen) atoms. The highest BCUT2D eigenvalue weighted by Gasteiger charge is 2.16. The molecule has 1 aromatic heterocycles. The van der Waals surface area contributed by atoms with E-state index in [9.17, 15) is 19.2 Å². The van der Waals surface area contributed by atoms with Gasteiger partial charge < -0.3 is 32.8 Å². The van der Waals surface area contributed by atoms with Crippen LogP contribution in [0.2, 0.25) is 0 Å². The first-order valence-corrected chi connectivity index (χ1v) is 19.9. The summed E-state index contributed by atoms with van der Waals surface area (Å²) in [6, 6.07) is 25.2. The van der Waals surface area contributed by atoms with Gasteiger partial charge in [-0.2, -0.15) is 10.1 Å². The second-order valence-electron chi connectivity index (χ2n) is 13.4. The number of anilines is 1. The van der Waals surface area contributed by atoms with Crippen LogP contribution in [0, 0.1) is 0 Å². The van der Waals surface area contributed by atoms with Crippen molar-refractivity contribution in [2.24, 2.45) is 5.10 Å². The minimum atomic E-state index is -0.620. The van der Waals surface area contributed by atoms with Crippen LogP contribution in [0.25, 0.3) is 11.1 Å². The molecule has 0 amide bonds. The number of unbranched alkanes of at least 4 members (excludes halogenated alkanes) is 6. The van der Waals surface area contributed by atoms with E-state index >= 15 is 0 Å². The Balaban J connectivity index is 1.15. The highest BCUT2D eigenvalue weighted by atomic mass is 16.5. The number of rotatable bonds is 25. The van der Waals surface area contributed by atoms with Crippen molar-refractivity contribution in [3.8, 4) is 23.0 Å². The Morgan fingerprint density at radius 1 is 0.683 bits per heavy atom. The number of benzene rings is 4. The second kappa shape index (κ2) is 24.1. The third kappa shape index (κ3) is 14.8. The van der Waals surface area contributed by atoms with Crippen molar-refractivity contribution in [2.45, 2.75) is 64.7 Å². The number of ether oxygens (including phenoxy) is 6. The lowest BCUT2D eigenvalue weighted by Gasteiger charge is -2.11. The minimum absolute atomic E-state index is 0.154. The monoisotopic (exact) mass is 819 g/mol. The quantitative estimate of drug-likeness (QED) is 0.0147. The Hall–Kier alpha value is -6.96. The molecule has 14 nitrogen and oxygen atoms in total. The van der Waals surface area contributed by atoms with Crippen molar-refractivity contribution >= 4 is 47.2 Å². The number of carbonyl (C=O) groups is 4. The molecule has 0 bridgehead atoms. The first-order valence-electron chi connectivity index (χ1n) is 19.9. The fourth-order valence-corrected chi connectivity index (χ4v) is 5.58. The van der Waals surface area contributed by atoms with Gasteiger partial charge in [-0.05, 0) is 130 Å². The van der Waals surface area contributed by atoms with E-state index in [1.807, 2.05) is 12.1 Å². The minimum Gasteiger partial charge on any atom is -0.494 e. The summed E-state index contributed by atoms with van der Waals surface area (Å²) in [6.45, 7) is 6.96. The van der Waals surface area contributed by atoms with E-state index in [4.69, 9.17) is 32.8 Å². The average molecular weight is 820 g/mol. The van der Waals surface area contributed by atoms with Gasteiger partial charge in [0, 0.05) is 18.1 Å². The zero-order valence-electron chi connectivity index (χ0n) is 33.6. The SMILES string of the molecule is C=CC(=O)OCCCCCCOc1ccc(C(=O)Oc2ccc(OC(=O)c3ccc(OCCCCCCOC(=O)CC)cc3)c(/C=N/Nc3nc4ccccc4o3)c2)cc1. The molecular formula is C46H49N3O11. The van der Waals surface area contributed by atoms with Gasteiger partial charge in [0.2, 0.25) is 0 Å². The Labute approximate surface area is 348 Å². The maximum Gasteiger partial charge on any atom is 0.343 e. The van der Waals surface area contributed by atoms with Gasteiger partial charge in [0.05, 0.1) is 43.8 Å². The molecule has 314 valence electrons. The molecule has 0 aliphatic rings. The summed E-state index contributed by atoms with van der Waals surface area (Å²) < 4.78 is 38.8. The smallest absolute Gasteiger partial charge is 0.343 e. The van der Waals surface area contributed by atoms with E-state index in [-0.39, 0.29) is 23.5 Å². The van der Waals surface area contributed by atoms with Gasteiger partial charge >= 0.3 is 29.9 Å². The highest BCUT2D eigenvalue weighted by Crippen LogP contribution is 2.26. The number of nitrogens with one attached hydrogen (secondary N) is 1. The van der Waals surface area contributed by atoms with Gasteiger partial charge in [-0.15, -0.1) is 0 Å². The molecule has 1 heterocycles. The zero-order chi connectivity index (χ0) is 42.4. The van der Waals surface area contributed by atoms with Crippen LogP contribution in [0.1, 0.15) is 91.0 Å². The molecule has 0 saturated heterocycles. The molecule has 0 fully saturated rings. The molecule has 4 aromatic carbocycles. The van der Waals surface area contributed by atoms with Gasteiger partial charge in [0.15, 0.2) is 5.58 Å². The lowest BCUT2D eigenvalue weighted by atomic mass is 10.2. The lowest BCUT2D eigenvalue weighted by molar-refractivity contribution is -0.143. The molecular weight excluding hydrogens is 771 g/mol. The van der Waals surface area contributed by atoms with Gasteiger partial charge in [0.1, 0.15) is 28.5 Å². The van der Waals surface area contributed by atoms with E-state index in [1.165, 1.54) is 24.4 Å². The second-order valence-corrected chi connectivity index (χ2v) is 13.4. The first kappa shape index (κ1) is 44.1. The standard InChI is InChI=1S/C46H49N3O11/c1-3-42(50)56-29-13-7-5-11-27-54-36-21-17-33(18-22-36)44(52)58-38-25-26-40(35(31-38)32-47-49-46-48-39-15-9-10-16-41(39)60-46)59-45(53)34-19-23-37(24-20-34)55-28-12-6-8-14-30-57-43(51)4-2/h3,9-10,15-26,31-32H,1,4-8,11-14,27-30H2,2H3,(H,48,49)/b47-32+. The molecule has 0 aliphatic heterocycles. The van der Waals surface area contributed by atoms with Crippen molar-refractivity contribution in [3.63, 3.8) is 0 Å². The fourth-order valence-electron chi connectivity index (χ4n) is 5.58. The largest absolute Gasteiger partial charge is 0.494 e. The van der Waals surface area contributed by atoms with Crippen molar-refractivity contribution in [2.75, 3.05) is 31.9 Å². The maximum absolute atomic E-state index is 13.3. The van der Waals surface area contributed by atoms with Crippen molar-refractivity contribution in [1.82, 2.24) is 4.98 Å². The van der Waals surface area contributed by atoms with Crippen LogP contribution in [-0.2, 0) is 19.1 Å². The van der Waals surface area contributed by atoms with Crippen molar-refractivity contribution < 1.29 is 52.0 Å². The summed E-state index contributed by atoms with van der Waals surface area (Å²) in [5.41, 5.74) is 4.90. The molecule has 5 aromatic rings. The van der Waals surface area contributed by atoms with Gasteiger partial charge in [-0.25, -0.2) is 19.8 Å². The predicted octanol–water partition coefficient (Wildman–Crippen LogP) is 9.27. The van der Waals surface area contributed by atoms with Crippen LogP contribution < -0.4 is 24.4 Å². The van der Waals surface area contributed by atoms with Crippen molar-refractivity contribution in [1.29, 1.82) is 0 Å². The van der Waals surface area contributed by atoms with Crippen LogP contribution in [-0.4, -0.2) is 61.5 Å². The summed E-state index contributed by atoms with van der Waals surface area (Å²) in [7, 11) is 0. The number of aromatic nitrogens is 1. The topological polar surface area (TPSA) is 174 Å². The Morgan fingerprint density at radius 2 is 1.25 bits per heavy atom. The number of carbonyl (C=O) groups excluding carboxylic acids is 4. The normalized spacial score (nSPS) is 10.9. The van der Waals surface area contributed by atoms with Crippen molar-refractivity contribution in [3.05, 3.63) is 120 Å². The molecule has 0 atom stereocenters. The van der Waals surface area contributed by atoms with E-state index in [0.29, 0.717) is 72.1 Å². The number of hydrazone groups is 1. The third-order valence-corrected chi connectivity index (χ3v) is 8.81. The number of nitrogens with zero attached hydrogens (tertiary/aromatic N) is 2. The molecule has 0 radical (unpaired) electrons. The lowest BCUT2D eigenvalue weighted by Crippen LogP contribution is -2.11. The average Bonchev–Trinajstić information content (AvgIpc) is 3.69. The summed E-state index contributed by atoms with van der Waals surface area (Å²) in [6.07, 6.45) is 9.86. The molecule has 0 spiro atoms.